The third-order valence-electron chi connectivity index (χ3n) is 3.91. The summed E-state index contributed by atoms with van der Waals surface area (Å²) in [5.74, 6) is -0.496. The Morgan fingerprint density at radius 1 is 1.18 bits per heavy atom. The van der Waals surface area contributed by atoms with Gasteiger partial charge in [0, 0.05) is 10.6 Å². The van der Waals surface area contributed by atoms with E-state index in [4.69, 9.17) is 14.7 Å². The van der Waals surface area contributed by atoms with Crippen LogP contribution in [-0.2, 0) is 14.3 Å². The standard InChI is InChI=1S/C21H22N2O4S/c1-13-6-5-7-17(8-13)27-16(4)21(25)26-11-19(24)23-20-14(2)9-18(28-12-22)10-15(20)3/h5-10,16H,11H2,1-4H3,(H,23,24)/t16-/m0/s1. The third kappa shape index (κ3) is 6.03. The molecule has 0 bridgehead atoms. The molecule has 1 N–H and O–H groups in total. The highest BCUT2D eigenvalue weighted by molar-refractivity contribution is 8.03. The molecule has 0 aromatic heterocycles. The van der Waals surface area contributed by atoms with Gasteiger partial charge in [-0.3, -0.25) is 4.79 Å². The zero-order valence-electron chi connectivity index (χ0n) is 16.2. The van der Waals surface area contributed by atoms with E-state index in [-0.39, 0.29) is 0 Å². The quantitative estimate of drug-likeness (QED) is 0.428. The number of benzene rings is 2. The molecule has 0 aliphatic rings. The van der Waals surface area contributed by atoms with Crippen molar-refractivity contribution in [2.24, 2.45) is 0 Å². The van der Waals surface area contributed by atoms with E-state index >= 15 is 0 Å². The molecule has 1 atom stereocenters. The highest BCUT2D eigenvalue weighted by atomic mass is 32.2. The van der Waals surface area contributed by atoms with E-state index in [9.17, 15) is 9.59 Å². The molecule has 0 aliphatic heterocycles. The maximum absolute atomic E-state index is 12.2. The minimum absolute atomic E-state index is 0.409. The first kappa shape index (κ1) is 21.3. The summed E-state index contributed by atoms with van der Waals surface area (Å²) in [5, 5.41) is 13.5. The Hall–Kier alpha value is -2.98. The van der Waals surface area contributed by atoms with Crippen LogP contribution in [0, 0.1) is 31.4 Å². The van der Waals surface area contributed by atoms with Gasteiger partial charge in [0.05, 0.1) is 0 Å². The molecule has 1 amide bonds. The number of esters is 1. The van der Waals surface area contributed by atoms with Gasteiger partial charge >= 0.3 is 5.97 Å². The minimum atomic E-state index is -0.833. The molecular formula is C21H22N2O4S. The van der Waals surface area contributed by atoms with Crippen molar-refractivity contribution in [3.63, 3.8) is 0 Å². The molecule has 2 aromatic carbocycles. The maximum Gasteiger partial charge on any atom is 0.347 e. The van der Waals surface area contributed by atoms with Crippen molar-refractivity contribution in [2.75, 3.05) is 11.9 Å². The summed E-state index contributed by atoms with van der Waals surface area (Å²) in [6, 6.07) is 11.0. The number of amides is 1. The molecule has 2 rings (SSSR count). The number of hydrogen-bond acceptors (Lipinski definition) is 6. The molecule has 0 saturated carbocycles. The molecule has 28 heavy (non-hydrogen) atoms. The summed E-state index contributed by atoms with van der Waals surface area (Å²) in [6.45, 7) is 6.77. The van der Waals surface area contributed by atoms with Crippen molar-refractivity contribution in [1.29, 1.82) is 5.26 Å². The summed E-state index contributed by atoms with van der Waals surface area (Å²) in [7, 11) is 0. The van der Waals surface area contributed by atoms with Crippen molar-refractivity contribution < 1.29 is 19.1 Å². The van der Waals surface area contributed by atoms with Crippen LogP contribution in [0.1, 0.15) is 23.6 Å². The highest BCUT2D eigenvalue weighted by Gasteiger charge is 2.18. The van der Waals surface area contributed by atoms with Gasteiger partial charge in [-0.05, 0) is 80.4 Å². The molecule has 0 unspecified atom stereocenters. The van der Waals surface area contributed by atoms with Gasteiger partial charge in [-0.2, -0.15) is 5.26 Å². The molecule has 0 aliphatic carbocycles. The number of thioether (sulfide) groups is 1. The fraction of sp³-hybridized carbons (Fsp3) is 0.286. The zero-order chi connectivity index (χ0) is 20.7. The zero-order valence-corrected chi connectivity index (χ0v) is 17.1. The first-order valence-corrected chi connectivity index (χ1v) is 9.48. The molecule has 0 heterocycles. The first-order valence-electron chi connectivity index (χ1n) is 8.67. The van der Waals surface area contributed by atoms with Gasteiger partial charge in [-0.25, -0.2) is 4.79 Å². The topological polar surface area (TPSA) is 88.4 Å². The van der Waals surface area contributed by atoms with Crippen molar-refractivity contribution in [2.45, 2.75) is 38.7 Å². The number of rotatable bonds is 7. The summed E-state index contributed by atoms with van der Waals surface area (Å²) in [4.78, 5) is 25.1. The fourth-order valence-corrected chi connectivity index (χ4v) is 3.18. The van der Waals surface area contributed by atoms with Crippen molar-refractivity contribution in [3.8, 4) is 11.2 Å². The number of hydrogen-bond donors (Lipinski definition) is 1. The van der Waals surface area contributed by atoms with E-state index in [2.05, 4.69) is 5.32 Å². The smallest absolute Gasteiger partial charge is 0.347 e. The van der Waals surface area contributed by atoms with Gasteiger partial charge in [0.1, 0.15) is 11.2 Å². The van der Waals surface area contributed by atoms with Crippen LogP contribution in [0.25, 0.3) is 0 Å². The highest BCUT2D eigenvalue weighted by Crippen LogP contribution is 2.27. The van der Waals surface area contributed by atoms with Crippen LogP contribution in [0.4, 0.5) is 5.69 Å². The lowest BCUT2D eigenvalue weighted by atomic mass is 10.1. The van der Waals surface area contributed by atoms with Crippen molar-refractivity contribution in [1.82, 2.24) is 0 Å². The number of anilines is 1. The molecule has 6 nitrogen and oxygen atoms in total. The lowest BCUT2D eigenvalue weighted by Gasteiger charge is -2.15. The number of nitrogens with zero attached hydrogens (tertiary/aromatic N) is 1. The van der Waals surface area contributed by atoms with Crippen molar-refractivity contribution >= 4 is 29.3 Å². The molecule has 0 spiro atoms. The van der Waals surface area contributed by atoms with Crippen LogP contribution in [-0.4, -0.2) is 24.6 Å². The molecule has 7 heteroatoms. The molecule has 2 aromatic rings. The van der Waals surface area contributed by atoms with E-state index in [0.717, 1.165) is 33.3 Å². The number of nitrogens with one attached hydrogen (secondary N) is 1. The van der Waals surface area contributed by atoms with E-state index < -0.39 is 24.6 Å². The van der Waals surface area contributed by atoms with E-state index in [1.165, 1.54) is 0 Å². The number of aryl methyl sites for hydroxylation is 3. The maximum atomic E-state index is 12.2. The number of carbonyl (C=O) groups is 2. The number of ether oxygens (including phenoxy) is 2. The summed E-state index contributed by atoms with van der Waals surface area (Å²) < 4.78 is 10.6. The van der Waals surface area contributed by atoms with Gasteiger partial charge in [-0.15, -0.1) is 0 Å². The van der Waals surface area contributed by atoms with Gasteiger partial charge < -0.3 is 14.8 Å². The largest absolute Gasteiger partial charge is 0.479 e. The average Bonchev–Trinajstić information content (AvgIpc) is 2.63. The Morgan fingerprint density at radius 3 is 2.46 bits per heavy atom. The Kier molecular flexibility index (Phi) is 7.47. The van der Waals surface area contributed by atoms with Crippen LogP contribution in [0.2, 0.25) is 0 Å². The van der Waals surface area contributed by atoms with Crippen LogP contribution >= 0.6 is 11.8 Å². The van der Waals surface area contributed by atoms with Crippen LogP contribution in [0.5, 0.6) is 5.75 Å². The fourth-order valence-electron chi connectivity index (χ4n) is 2.60. The predicted molar refractivity (Wildman–Crippen MR) is 108 cm³/mol. The van der Waals surface area contributed by atoms with Crippen molar-refractivity contribution in [3.05, 3.63) is 53.1 Å². The molecular weight excluding hydrogens is 376 g/mol. The Morgan fingerprint density at radius 2 is 1.86 bits per heavy atom. The number of carbonyl (C=O) groups excluding carboxylic acids is 2. The molecule has 0 saturated heterocycles. The summed E-state index contributed by atoms with van der Waals surface area (Å²) in [6.07, 6.45) is -0.833. The molecule has 0 fully saturated rings. The molecule has 146 valence electrons. The third-order valence-corrected chi connectivity index (χ3v) is 4.48. The second-order valence-electron chi connectivity index (χ2n) is 6.36. The number of nitriles is 1. The SMILES string of the molecule is Cc1cccc(O[C@@H](C)C(=O)OCC(=O)Nc2c(C)cc(SC#N)cc2C)c1. The average molecular weight is 398 g/mol. The minimum Gasteiger partial charge on any atom is -0.479 e. The summed E-state index contributed by atoms with van der Waals surface area (Å²) in [5.41, 5.74) is 3.32. The van der Waals surface area contributed by atoms with Gasteiger partial charge in [-0.1, -0.05) is 12.1 Å². The normalized spacial score (nSPS) is 11.2. The Labute approximate surface area is 168 Å². The molecule has 0 radical (unpaired) electrons. The number of thiocyanates is 1. The van der Waals surface area contributed by atoms with E-state index in [0.29, 0.717) is 11.4 Å². The van der Waals surface area contributed by atoms with Crippen LogP contribution in [0.15, 0.2) is 41.3 Å². The lowest BCUT2D eigenvalue weighted by molar-refractivity contribution is -0.153. The van der Waals surface area contributed by atoms with E-state index in [1.54, 1.807) is 13.0 Å². The van der Waals surface area contributed by atoms with Gasteiger partial charge in [0.2, 0.25) is 0 Å². The lowest BCUT2D eigenvalue weighted by Crippen LogP contribution is -2.30. The van der Waals surface area contributed by atoms with E-state index in [1.807, 2.05) is 56.5 Å². The van der Waals surface area contributed by atoms with Gasteiger partial charge in [0.15, 0.2) is 12.7 Å². The van der Waals surface area contributed by atoms with Crippen LogP contribution < -0.4 is 10.1 Å². The van der Waals surface area contributed by atoms with Crippen LogP contribution in [0.3, 0.4) is 0 Å². The monoisotopic (exact) mass is 398 g/mol. The second-order valence-corrected chi connectivity index (χ2v) is 7.22. The second kappa shape index (κ2) is 9.81. The Balaban J connectivity index is 1.90. The Bertz CT molecular complexity index is 898. The van der Waals surface area contributed by atoms with Gasteiger partial charge in [0.25, 0.3) is 5.91 Å². The summed E-state index contributed by atoms with van der Waals surface area (Å²) >= 11 is 1.06. The predicted octanol–water partition coefficient (Wildman–Crippen LogP) is 4.13. The first-order chi connectivity index (χ1) is 13.3.